The molecule has 0 atom stereocenters. The molecule has 118 valence electrons. The van der Waals surface area contributed by atoms with Gasteiger partial charge in [0, 0.05) is 23.3 Å². The second-order valence-corrected chi connectivity index (χ2v) is 7.38. The number of nitrogens with one attached hydrogen (secondary N) is 1. The van der Waals surface area contributed by atoms with E-state index in [0.717, 1.165) is 38.6 Å². The minimum absolute atomic E-state index is 0.0643. The molecule has 1 aliphatic rings. The first-order chi connectivity index (χ1) is 9.43. The molecule has 0 aromatic heterocycles. The van der Waals surface area contributed by atoms with Gasteiger partial charge in [0.25, 0.3) is 0 Å². The summed E-state index contributed by atoms with van der Waals surface area (Å²) in [5.41, 5.74) is -0.0391. The number of rotatable bonds is 8. The predicted molar refractivity (Wildman–Crippen MR) is 87.1 cm³/mol. The maximum Gasteiger partial charge on any atom is 0.226 e. The monoisotopic (exact) mass is 301 g/mol. The standard InChI is InChI=1S/C17H32ClNO/c1-5-16(6-2,12-18)13-19-15(20)17(11-14(3)4)9-7-8-10-17/h14H,5-13H2,1-4H3,(H,19,20). The van der Waals surface area contributed by atoms with Crippen molar-refractivity contribution in [2.24, 2.45) is 16.7 Å². The van der Waals surface area contributed by atoms with Crippen LogP contribution in [0.2, 0.25) is 0 Å². The zero-order valence-electron chi connectivity index (χ0n) is 13.7. The van der Waals surface area contributed by atoms with Crippen molar-refractivity contribution in [3.63, 3.8) is 0 Å². The molecule has 1 saturated carbocycles. The van der Waals surface area contributed by atoms with E-state index in [9.17, 15) is 4.79 Å². The molecule has 1 amide bonds. The highest BCUT2D eigenvalue weighted by Crippen LogP contribution is 2.43. The van der Waals surface area contributed by atoms with Crippen LogP contribution in [0.1, 0.15) is 72.6 Å². The summed E-state index contributed by atoms with van der Waals surface area (Å²) >= 11 is 6.14. The van der Waals surface area contributed by atoms with Crippen molar-refractivity contribution in [2.45, 2.75) is 72.6 Å². The van der Waals surface area contributed by atoms with Crippen molar-refractivity contribution in [2.75, 3.05) is 12.4 Å². The molecule has 0 radical (unpaired) electrons. The molecule has 0 heterocycles. The van der Waals surface area contributed by atoms with E-state index in [0.29, 0.717) is 11.8 Å². The fourth-order valence-electron chi connectivity index (χ4n) is 3.55. The van der Waals surface area contributed by atoms with Gasteiger partial charge in [-0.15, -0.1) is 11.6 Å². The SMILES string of the molecule is CCC(CC)(CCl)CNC(=O)C1(CC(C)C)CCCC1. The van der Waals surface area contributed by atoms with Crippen LogP contribution >= 0.6 is 11.6 Å². The van der Waals surface area contributed by atoms with Crippen LogP contribution in [0.25, 0.3) is 0 Å². The van der Waals surface area contributed by atoms with Crippen molar-refractivity contribution in [3.05, 3.63) is 0 Å². The van der Waals surface area contributed by atoms with Crippen LogP contribution in [0.4, 0.5) is 0 Å². The number of carbonyl (C=O) groups is 1. The Labute approximate surface area is 130 Å². The predicted octanol–water partition coefficient (Wildman–Crippen LogP) is 4.75. The van der Waals surface area contributed by atoms with Gasteiger partial charge >= 0.3 is 0 Å². The molecule has 3 heteroatoms. The molecular formula is C17H32ClNO. The van der Waals surface area contributed by atoms with E-state index in [1.807, 2.05) is 0 Å². The summed E-state index contributed by atoms with van der Waals surface area (Å²) < 4.78 is 0. The van der Waals surface area contributed by atoms with Gasteiger partial charge in [-0.05, 0) is 38.0 Å². The normalized spacial score (nSPS) is 18.5. The maximum atomic E-state index is 12.7. The second kappa shape index (κ2) is 7.68. The molecule has 2 nitrogen and oxygen atoms in total. The number of carbonyl (C=O) groups excluding carboxylic acids is 1. The summed E-state index contributed by atoms with van der Waals surface area (Å²) in [6.07, 6.45) is 7.57. The summed E-state index contributed by atoms with van der Waals surface area (Å²) in [6.45, 7) is 9.49. The summed E-state index contributed by atoms with van der Waals surface area (Å²) in [7, 11) is 0. The van der Waals surface area contributed by atoms with Gasteiger partial charge in [0.2, 0.25) is 5.91 Å². The fraction of sp³-hybridized carbons (Fsp3) is 0.941. The van der Waals surface area contributed by atoms with Crippen molar-refractivity contribution in [3.8, 4) is 0 Å². The Morgan fingerprint density at radius 2 is 1.80 bits per heavy atom. The lowest BCUT2D eigenvalue weighted by Gasteiger charge is -2.34. The molecule has 0 aromatic rings. The maximum absolute atomic E-state index is 12.7. The third-order valence-electron chi connectivity index (χ3n) is 5.25. The lowest BCUT2D eigenvalue weighted by atomic mass is 9.77. The van der Waals surface area contributed by atoms with Crippen LogP contribution in [-0.2, 0) is 4.79 Å². The van der Waals surface area contributed by atoms with Gasteiger partial charge in [0.05, 0.1) is 0 Å². The molecule has 0 unspecified atom stereocenters. The highest BCUT2D eigenvalue weighted by molar-refractivity contribution is 6.18. The molecule has 1 fully saturated rings. The summed E-state index contributed by atoms with van der Waals surface area (Å²) in [5, 5.41) is 3.24. The molecule has 0 bridgehead atoms. The van der Waals surface area contributed by atoms with E-state index in [1.54, 1.807) is 0 Å². The van der Waals surface area contributed by atoms with E-state index in [1.165, 1.54) is 12.8 Å². The fourth-order valence-corrected chi connectivity index (χ4v) is 4.02. The largest absolute Gasteiger partial charge is 0.355 e. The van der Waals surface area contributed by atoms with Crippen LogP contribution < -0.4 is 5.32 Å². The quantitative estimate of drug-likeness (QED) is 0.644. The van der Waals surface area contributed by atoms with Crippen molar-refractivity contribution in [1.82, 2.24) is 5.32 Å². The first-order valence-electron chi connectivity index (χ1n) is 8.28. The summed E-state index contributed by atoms with van der Waals surface area (Å²) in [4.78, 5) is 12.7. The smallest absolute Gasteiger partial charge is 0.226 e. The van der Waals surface area contributed by atoms with Gasteiger partial charge in [0.1, 0.15) is 0 Å². The van der Waals surface area contributed by atoms with Gasteiger partial charge in [-0.2, -0.15) is 0 Å². The summed E-state index contributed by atoms with van der Waals surface area (Å²) in [5.74, 6) is 1.48. The Morgan fingerprint density at radius 1 is 1.25 bits per heavy atom. The highest BCUT2D eigenvalue weighted by atomic mass is 35.5. The lowest BCUT2D eigenvalue weighted by Crippen LogP contribution is -2.45. The van der Waals surface area contributed by atoms with E-state index in [-0.39, 0.29) is 16.7 Å². The van der Waals surface area contributed by atoms with Crippen molar-refractivity contribution < 1.29 is 4.79 Å². The van der Waals surface area contributed by atoms with E-state index < -0.39 is 0 Å². The minimum atomic E-state index is -0.103. The van der Waals surface area contributed by atoms with E-state index in [4.69, 9.17) is 11.6 Å². The van der Waals surface area contributed by atoms with Crippen molar-refractivity contribution >= 4 is 17.5 Å². The molecule has 1 N–H and O–H groups in total. The first kappa shape index (κ1) is 17.8. The van der Waals surface area contributed by atoms with Gasteiger partial charge in [-0.1, -0.05) is 40.5 Å². The van der Waals surface area contributed by atoms with E-state index >= 15 is 0 Å². The van der Waals surface area contributed by atoms with Crippen LogP contribution in [0, 0.1) is 16.7 Å². The Hall–Kier alpha value is -0.240. The third kappa shape index (κ3) is 4.13. The van der Waals surface area contributed by atoms with Gasteiger partial charge in [-0.25, -0.2) is 0 Å². The molecule has 0 saturated heterocycles. The van der Waals surface area contributed by atoms with Gasteiger partial charge < -0.3 is 5.32 Å². The topological polar surface area (TPSA) is 29.1 Å². The van der Waals surface area contributed by atoms with Crippen molar-refractivity contribution in [1.29, 1.82) is 0 Å². The number of amides is 1. The third-order valence-corrected chi connectivity index (χ3v) is 5.82. The Bertz CT molecular complexity index is 296. The van der Waals surface area contributed by atoms with Crippen LogP contribution in [0.5, 0.6) is 0 Å². The van der Waals surface area contributed by atoms with E-state index in [2.05, 4.69) is 33.0 Å². The molecule has 0 aliphatic heterocycles. The van der Waals surface area contributed by atoms with Crippen LogP contribution in [0.3, 0.4) is 0 Å². The first-order valence-corrected chi connectivity index (χ1v) is 8.81. The summed E-state index contributed by atoms with van der Waals surface area (Å²) in [6, 6.07) is 0. The molecule has 1 rings (SSSR count). The van der Waals surface area contributed by atoms with Crippen LogP contribution in [0.15, 0.2) is 0 Å². The lowest BCUT2D eigenvalue weighted by molar-refractivity contribution is -0.132. The zero-order chi connectivity index (χ0) is 15.2. The minimum Gasteiger partial charge on any atom is -0.355 e. The average molecular weight is 302 g/mol. The van der Waals surface area contributed by atoms with Gasteiger partial charge in [-0.3, -0.25) is 4.79 Å². The molecule has 0 aromatic carbocycles. The highest BCUT2D eigenvalue weighted by Gasteiger charge is 2.41. The average Bonchev–Trinajstić information content (AvgIpc) is 2.89. The molecule has 1 aliphatic carbocycles. The number of hydrogen-bond acceptors (Lipinski definition) is 1. The Balaban J connectivity index is 2.68. The molecular weight excluding hydrogens is 270 g/mol. The van der Waals surface area contributed by atoms with Crippen LogP contribution in [-0.4, -0.2) is 18.3 Å². The number of hydrogen-bond donors (Lipinski definition) is 1. The number of halogens is 1. The Morgan fingerprint density at radius 3 is 2.20 bits per heavy atom. The van der Waals surface area contributed by atoms with Gasteiger partial charge in [0.15, 0.2) is 0 Å². The Kier molecular flexibility index (Phi) is 6.84. The molecule has 0 spiro atoms. The second-order valence-electron chi connectivity index (χ2n) is 7.11. The molecule has 20 heavy (non-hydrogen) atoms. The number of alkyl halides is 1. The zero-order valence-corrected chi connectivity index (χ0v) is 14.5.